The minimum atomic E-state index is -0.0407. The molecule has 2 aromatic rings. The van der Waals surface area contributed by atoms with Gasteiger partial charge in [0.25, 0.3) is 0 Å². The van der Waals surface area contributed by atoms with E-state index in [2.05, 4.69) is 15.3 Å². The normalized spacial score (nSPS) is 10.2. The maximum absolute atomic E-state index is 11.5. The van der Waals surface area contributed by atoms with Crippen LogP contribution in [0.15, 0.2) is 36.4 Å². The fourth-order valence-electron chi connectivity index (χ4n) is 1.55. The smallest absolute Gasteiger partial charge is 0.241 e. The van der Waals surface area contributed by atoms with Crippen molar-refractivity contribution in [2.75, 3.05) is 26.0 Å². The number of carbonyl (C=O) groups is 1. The van der Waals surface area contributed by atoms with Crippen molar-refractivity contribution in [1.82, 2.24) is 14.9 Å². The summed E-state index contributed by atoms with van der Waals surface area (Å²) in [6.45, 7) is 0.161. The molecule has 0 atom stereocenters. The molecular weight excluding hydrogens is 276 g/mol. The second-order valence-electron chi connectivity index (χ2n) is 4.41. The monoisotopic (exact) mass is 290 g/mol. The first kappa shape index (κ1) is 14.3. The van der Waals surface area contributed by atoms with Crippen LogP contribution in [0.2, 0.25) is 5.15 Å². The molecule has 20 heavy (non-hydrogen) atoms. The van der Waals surface area contributed by atoms with Gasteiger partial charge in [0, 0.05) is 25.7 Å². The fourth-order valence-corrected chi connectivity index (χ4v) is 1.73. The Morgan fingerprint density at radius 2 is 1.95 bits per heavy atom. The summed E-state index contributed by atoms with van der Waals surface area (Å²) in [5.74, 6) is 1.01. The van der Waals surface area contributed by atoms with Crippen LogP contribution in [0.4, 0.5) is 5.82 Å². The molecular formula is C14H15ClN4O. The van der Waals surface area contributed by atoms with Crippen molar-refractivity contribution >= 4 is 23.3 Å². The molecule has 5 nitrogen and oxygen atoms in total. The summed E-state index contributed by atoms with van der Waals surface area (Å²) in [6.07, 6.45) is 0. The third-order valence-electron chi connectivity index (χ3n) is 2.65. The van der Waals surface area contributed by atoms with E-state index in [9.17, 15) is 4.79 Å². The van der Waals surface area contributed by atoms with Gasteiger partial charge in [0.1, 0.15) is 11.0 Å². The van der Waals surface area contributed by atoms with E-state index in [1.165, 1.54) is 4.90 Å². The van der Waals surface area contributed by atoms with E-state index in [0.29, 0.717) is 16.8 Å². The van der Waals surface area contributed by atoms with Crippen LogP contribution in [0.1, 0.15) is 0 Å². The predicted molar refractivity (Wildman–Crippen MR) is 79.7 cm³/mol. The second kappa shape index (κ2) is 6.34. The van der Waals surface area contributed by atoms with Gasteiger partial charge >= 0.3 is 0 Å². The zero-order chi connectivity index (χ0) is 14.5. The topological polar surface area (TPSA) is 58.1 Å². The van der Waals surface area contributed by atoms with Gasteiger partial charge in [-0.2, -0.15) is 0 Å². The molecule has 0 saturated carbocycles. The molecule has 0 bridgehead atoms. The van der Waals surface area contributed by atoms with Crippen LogP contribution in [-0.4, -0.2) is 41.4 Å². The Morgan fingerprint density at radius 3 is 2.60 bits per heavy atom. The van der Waals surface area contributed by atoms with Gasteiger partial charge in [0.2, 0.25) is 5.91 Å². The summed E-state index contributed by atoms with van der Waals surface area (Å²) in [5, 5.41) is 3.28. The third-order valence-corrected chi connectivity index (χ3v) is 2.84. The summed E-state index contributed by atoms with van der Waals surface area (Å²) < 4.78 is 0. The SMILES string of the molecule is CN(C)C(=O)CNc1cc(Cl)nc(-c2ccccc2)n1. The summed E-state index contributed by atoms with van der Waals surface area (Å²) in [7, 11) is 3.40. The molecule has 0 aliphatic heterocycles. The zero-order valence-corrected chi connectivity index (χ0v) is 12.1. The molecule has 2 rings (SSSR count). The van der Waals surface area contributed by atoms with Crippen molar-refractivity contribution in [3.05, 3.63) is 41.6 Å². The van der Waals surface area contributed by atoms with E-state index >= 15 is 0 Å². The summed E-state index contributed by atoms with van der Waals surface area (Å²) in [4.78, 5) is 21.6. The van der Waals surface area contributed by atoms with Gasteiger partial charge in [0.15, 0.2) is 5.82 Å². The highest BCUT2D eigenvalue weighted by atomic mass is 35.5. The molecule has 0 aliphatic carbocycles. The lowest BCUT2D eigenvalue weighted by Crippen LogP contribution is -2.28. The van der Waals surface area contributed by atoms with E-state index in [-0.39, 0.29) is 12.5 Å². The quantitative estimate of drug-likeness (QED) is 0.878. The number of hydrogen-bond donors (Lipinski definition) is 1. The van der Waals surface area contributed by atoms with Crippen LogP contribution in [0.3, 0.4) is 0 Å². The first-order chi connectivity index (χ1) is 9.56. The fraction of sp³-hybridized carbons (Fsp3) is 0.214. The summed E-state index contributed by atoms with van der Waals surface area (Å²) >= 11 is 5.99. The van der Waals surface area contributed by atoms with E-state index in [4.69, 9.17) is 11.6 Å². The van der Waals surface area contributed by atoms with Crippen LogP contribution >= 0.6 is 11.6 Å². The Hall–Kier alpha value is -2.14. The van der Waals surface area contributed by atoms with Crippen molar-refractivity contribution in [2.45, 2.75) is 0 Å². The maximum Gasteiger partial charge on any atom is 0.241 e. The number of aromatic nitrogens is 2. The van der Waals surface area contributed by atoms with Crippen LogP contribution in [-0.2, 0) is 4.79 Å². The number of rotatable bonds is 4. The molecule has 0 radical (unpaired) electrons. The highest BCUT2D eigenvalue weighted by Crippen LogP contribution is 2.19. The summed E-state index contributed by atoms with van der Waals surface area (Å²) in [6, 6.07) is 11.1. The lowest BCUT2D eigenvalue weighted by atomic mass is 10.2. The Bertz CT molecular complexity index is 601. The molecule has 1 N–H and O–H groups in total. The largest absolute Gasteiger partial charge is 0.361 e. The van der Waals surface area contributed by atoms with Crippen LogP contribution < -0.4 is 5.32 Å². The number of nitrogens with one attached hydrogen (secondary N) is 1. The minimum Gasteiger partial charge on any atom is -0.361 e. The van der Waals surface area contributed by atoms with Crippen molar-refractivity contribution in [2.24, 2.45) is 0 Å². The molecule has 0 saturated heterocycles. The first-order valence-corrected chi connectivity index (χ1v) is 6.48. The predicted octanol–water partition coefficient (Wildman–Crippen LogP) is 2.30. The van der Waals surface area contributed by atoms with Gasteiger partial charge in [-0.3, -0.25) is 4.79 Å². The van der Waals surface area contributed by atoms with Crippen molar-refractivity contribution in [3.8, 4) is 11.4 Å². The molecule has 6 heteroatoms. The summed E-state index contributed by atoms with van der Waals surface area (Å²) in [5.41, 5.74) is 0.872. The number of halogens is 1. The number of carbonyl (C=O) groups excluding carboxylic acids is 1. The minimum absolute atomic E-state index is 0.0407. The van der Waals surface area contributed by atoms with Crippen LogP contribution in [0, 0.1) is 0 Å². The number of hydrogen-bond acceptors (Lipinski definition) is 4. The lowest BCUT2D eigenvalue weighted by Gasteiger charge is -2.12. The number of amides is 1. The molecule has 1 heterocycles. The maximum atomic E-state index is 11.5. The van der Waals surface area contributed by atoms with Crippen molar-refractivity contribution in [3.63, 3.8) is 0 Å². The van der Waals surface area contributed by atoms with Gasteiger partial charge < -0.3 is 10.2 Å². The Balaban J connectivity index is 2.19. The molecule has 0 aliphatic rings. The molecule has 0 unspecified atom stereocenters. The average molecular weight is 291 g/mol. The Labute approximate surface area is 122 Å². The standard InChI is InChI=1S/C14H15ClN4O/c1-19(2)13(20)9-16-12-8-11(15)17-14(18-12)10-6-4-3-5-7-10/h3-8H,9H2,1-2H3,(H,16,17,18). The van der Waals surface area contributed by atoms with Crippen molar-refractivity contribution < 1.29 is 4.79 Å². The van der Waals surface area contributed by atoms with Gasteiger partial charge in [-0.15, -0.1) is 0 Å². The van der Waals surface area contributed by atoms with E-state index in [0.717, 1.165) is 5.56 Å². The highest BCUT2D eigenvalue weighted by Gasteiger charge is 2.08. The van der Waals surface area contributed by atoms with E-state index in [1.807, 2.05) is 30.3 Å². The Kier molecular flexibility index (Phi) is 4.53. The van der Waals surface area contributed by atoms with Gasteiger partial charge in [0.05, 0.1) is 6.54 Å². The van der Waals surface area contributed by atoms with Crippen LogP contribution in [0.5, 0.6) is 0 Å². The van der Waals surface area contributed by atoms with Crippen molar-refractivity contribution in [1.29, 1.82) is 0 Å². The lowest BCUT2D eigenvalue weighted by molar-refractivity contribution is -0.126. The van der Waals surface area contributed by atoms with Gasteiger partial charge in [-0.05, 0) is 0 Å². The van der Waals surface area contributed by atoms with E-state index in [1.54, 1.807) is 20.2 Å². The number of nitrogens with zero attached hydrogens (tertiary/aromatic N) is 3. The molecule has 104 valence electrons. The highest BCUT2D eigenvalue weighted by molar-refractivity contribution is 6.29. The molecule has 0 spiro atoms. The molecule has 1 aromatic heterocycles. The number of benzene rings is 1. The third kappa shape index (κ3) is 3.68. The molecule has 0 fully saturated rings. The average Bonchev–Trinajstić information content (AvgIpc) is 2.45. The van der Waals surface area contributed by atoms with E-state index < -0.39 is 0 Å². The number of anilines is 1. The second-order valence-corrected chi connectivity index (χ2v) is 4.79. The Morgan fingerprint density at radius 1 is 1.25 bits per heavy atom. The van der Waals surface area contributed by atoms with Gasteiger partial charge in [-0.25, -0.2) is 9.97 Å². The number of likely N-dealkylation sites (N-methyl/N-ethyl adjacent to an activating group) is 1. The molecule has 1 amide bonds. The van der Waals surface area contributed by atoms with Crippen LogP contribution in [0.25, 0.3) is 11.4 Å². The first-order valence-electron chi connectivity index (χ1n) is 6.10. The zero-order valence-electron chi connectivity index (χ0n) is 11.3. The molecule has 1 aromatic carbocycles. The van der Waals surface area contributed by atoms with Gasteiger partial charge in [-0.1, -0.05) is 41.9 Å².